The molecule has 2 aromatic rings. The molecule has 0 saturated carbocycles. The molecule has 5 nitrogen and oxygen atoms in total. The van der Waals surface area contributed by atoms with Gasteiger partial charge in [-0.1, -0.05) is 19.9 Å². The predicted molar refractivity (Wildman–Crippen MR) is 139 cm³/mol. The highest BCUT2D eigenvalue weighted by Gasteiger charge is 2.39. The molecule has 41 heavy (non-hydrogen) atoms. The number of hydrogen-bond donors (Lipinski definition) is 1. The molecular formula is C29H34F7N3O2. The third kappa shape index (κ3) is 7.91. The highest BCUT2D eigenvalue weighted by molar-refractivity contribution is 5.77. The Morgan fingerprint density at radius 1 is 1.00 bits per heavy atom. The van der Waals surface area contributed by atoms with Gasteiger partial charge in [0.25, 0.3) is 0 Å². The smallest absolute Gasteiger partial charge is 0.353 e. The quantitative estimate of drug-likeness (QED) is 0.352. The van der Waals surface area contributed by atoms with Gasteiger partial charge in [0.15, 0.2) is 0 Å². The van der Waals surface area contributed by atoms with Crippen LogP contribution in [0.1, 0.15) is 79.9 Å². The number of nitrogens with zero attached hydrogens (tertiary/aromatic N) is 2. The molecule has 1 heterocycles. The van der Waals surface area contributed by atoms with Gasteiger partial charge in [0, 0.05) is 26.1 Å². The van der Waals surface area contributed by atoms with E-state index in [-0.39, 0.29) is 36.0 Å². The number of halogens is 7. The van der Waals surface area contributed by atoms with Crippen LogP contribution in [-0.2, 0) is 17.1 Å². The Morgan fingerprint density at radius 3 is 2.10 bits per heavy atom. The number of likely N-dealkylation sites (tertiary alicyclic amines) is 1. The fourth-order valence-electron chi connectivity index (χ4n) is 5.10. The zero-order valence-electron chi connectivity index (χ0n) is 23.5. The van der Waals surface area contributed by atoms with E-state index in [1.54, 1.807) is 13.0 Å². The van der Waals surface area contributed by atoms with Crippen molar-refractivity contribution in [2.45, 2.75) is 77.4 Å². The summed E-state index contributed by atoms with van der Waals surface area (Å²) in [6, 6.07) is 2.69. The number of amides is 3. The molecule has 3 amide bonds. The summed E-state index contributed by atoms with van der Waals surface area (Å²) >= 11 is 0. The van der Waals surface area contributed by atoms with Crippen LogP contribution in [-0.4, -0.2) is 41.4 Å². The lowest BCUT2D eigenvalue weighted by Gasteiger charge is -2.43. The molecule has 1 saturated heterocycles. The van der Waals surface area contributed by atoms with Gasteiger partial charge in [-0.3, -0.25) is 4.79 Å². The van der Waals surface area contributed by atoms with Crippen LogP contribution >= 0.6 is 0 Å². The standard InChI is InChI=1S/C29H34F7N3O2/c1-16(2)10-26(40)37-23-8-9-39(25(15-23)24-7-6-22(30)11-17(24)3)27(41)38(5)18(4)19-12-20(28(31,32)33)14-21(13-19)29(34,35)36/h6-7,11-14,16,18,23,25H,8-10,15H2,1-5H3,(H,37,40)/t18-,23-,25+/m0/s1. The van der Waals surface area contributed by atoms with E-state index in [0.717, 1.165) is 4.90 Å². The lowest BCUT2D eigenvalue weighted by Crippen LogP contribution is -2.51. The minimum absolute atomic E-state index is 0.0454. The first kappa shape index (κ1) is 32.2. The van der Waals surface area contributed by atoms with Gasteiger partial charge in [0.1, 0.15) is 5.82 Å². The summed E-state index contributed by atoms with van der Waals surface area (Å²) in [4.78, 5) is 28.8. The molecule has 12 heteroatoms. The summed E-state index contributed by atoms with van der Waals surface area (Å²) in [6.45, 7) is 7.00. The molecule has 0 radical (unpaired) electrons. The van der Waals surface area contributed by atoms with E-state index in [1.807, 2.05) is 13.8 Å². The average Bonchev–Trinajstić information content (AvgIpc) is 2.85. The van der Waals surface area contributed by atoms with Gasteiger partial charge in [0.05, 0.1) is 23.2 Å². The fraction of sp³-hybridized carbons (Fsp3) is 0.517. The van der Waals surface area contributed by atoms with Crippen LogP contribution in [0.25, 0.3) is 0 Å². The molecule has 0 spiro atoms. The van der Waals surface area contributed by atoms with Crippen molar-refractivity contribution in [1.82, 2.24) is 15.1 Å². The Morgan fingerprint density at radius 2 is 1.59 bits per heavy atom. The van der Waals surface area contributed by atoms with Gasteiger partial charge in [-0.15, -0.1) is 0 Å². The van der Waals surface area contributed by atoms with Crippen molar-refractivity contribution < 1.29 is 40.3 Å². The minimum Gasteiger partial charge on any atom is -0.353 e. The zero-order valence-corrected chi connectivity index (χ0v) is 23.5. The summed E-state index contributed by atoms with van der Waals surface area (Å²) in [6.07, 6.45) is -9.05. The predicted octanol–water partition coefficient (Wildman–Crippen LogP) is 7.65. The van der Waals surface area contributed by atoms with E-state index in [1.165, 1.54) is 31.0 Å². The second kappa shape index (κ2) is 12.3. The summed E-state index contributed by atoms with van der Waals surface area (Å²) in [5.74, 6) is -0.483. The topological polar surface area (TPSA) is 52.7 Å². The van der Waals surface area contributed by atoms with Gasteiger partial charge in [0.2, 0.25) is 5.91 Å². The van der Waals surface area contributed by atoms with Crippen molar-refractivity contribution in [2.75, 3.05) is 13.6 Å². The number of nitrogens with one attached hydrogen (secondary N) is 1. The Labute approximate surface area is 234 Å². The molecule has 0 aliphatic carbocycles. The monoisotopic (exact) mass is 589 g/mol. The lowest BCUT2D eigenvalue weighted by atomic mass is 9.89. The number of aryl methyl sites for hydroxylation is 1. The Kier molecular flexibility index (Phi) is 9.65. The minimum atomic E-state index is -5.02. The molecule has 0 unspecified atom stereocenters. The Bertz CT molecular complexity index is 1230. The number of piperidine rings is 1. The maximum Gasteiger partial charge on any atom is 0.416 e. The number of carbonyl (C=O) groups excluding carboxylic acids is 2. The maximum absolute atomic E-state index is 13.9. The summed E-state index contributed by atoms with van der Waals surface area (Å²) in [5, 5.41) is 2.98. The van der Waals surface area contributed by atoms with Gasteiger partial charge < -0.3 is 15.1 Å². The van der Waals surface area contributed by atoms with E-state index in [0.29, 0.717) is 42.5 Å². The van der Waals surface area contributed by atoms with Crippen LogP contribution in [0.2, 0.25) is 0 Å². The van der Waals surface area contributed by atoms with Gasteiger partial charge in [-0.2, -0.15) is 26.3 Å². The van der Waals surface area contributed by atoms with Gasteiger partial charge >= 0.3 is 18.4 Å². The normalized spacial score (nSPS) is 18.8. The summed E-state index contributed by atoms with van der Waals surface area (Å²) in [7, 11) is 1.31. The lowest BCUT2D eigenvalue weighted by molar-refractivity contribution is -0.143. The number of carbonyl (C=O) groups is 2. The molecule has 226 valence electrons. The first-order valence-electron chi connectivity index (χ1n) is 13.3. The second-order valence-corrected chi connectivity index (χ2v) is 11.0. The van der Waals surface area contributed by atoms with Crippen molar-refractivity contribution in [3.8, 4) is 0 Å². The van der Waals surface area contributed by atoms with Crippen LogP contribution < -0.4 is 5.32 Å². The van der Waals surface area contributed by atoms with E-state index >= 15 is 0 Å². The van der Waals surface area contributed by atoms with Crippen molar-refractivity contribution >= 4 is 11.9 Å². The SMILES string of the molecule is Cc1cc(F)ccc1[C@H]1C[C@@H](NC(=O)CC(C)C)CCN1C(=O)N(C)[C@@H](C)c1cc(C(F)(F)F)cc(C(F)(F)F)c1. The van der Waals surface area contributed by atoms with E-state index in [4.69, 9.17) is 0 Å². The summed E-state index contributed by atoms with van der Waals surface area (Å²) in [5.41, 5.74) is -2.07. The van der Waals surface area contributed by atoms with Gasteiger partial charge in [-0.05, 0) is 79.6 Å². The Balaban J connectivity index is 1.94. The van der Waals surface area contributed by atoms with Crippen LogP contribution in [0.15, 0.2) is 36.4 Å². The van der Waals surface area contributed by atoms with Crippen LogP contribution in [0.5, 0.6) is 0 Å². The molecule has 3 atom stereocenters. The largest absolute Gasteiger partial charge is 0.416 e. The first-order valence-corrected chi connectivity index (χ1v) is 13.3. The molecular weight excluding hydrogens is 555 g/mol. The highest BCUT2D eigenvalue weighted by atomic mass is 19.4. The van der Waals surface area contributed by atoms with Crippen LogP contribution in [0.4, 0.5) is 35.5 Å². The second-order valence-electron chi connectivity index (χ2n) is 11.0. The number of benzene rings is 2. The molecule has 3 rings (SSSR count). The number of rotatable bonds is 6. The maximum atomic E-state index is 13.9. The van der Waals surface area contributed by atoms with Crippen LogP contribution in [0.3, 0.4) is 0 Å². The first-order chi connectivity index (χ1) is 18.9. The zero-order chi connectivity index (χ0) is 30.9. The van der Waals surface area contributed by atoms with Crippen molar-refractivity contribution in [3.05, 3.63) is 70.0 Å². The van der Waals surface area contributed by atoms with E-state index in [9.17, 15) is 40.3 Å². The summed E-state index contributed by atoms with van der Waals surface area (Å²) < 4.78 is 94.5. The fourth-order valence-corrected chi connectivity index (χ4v) is 5.10. The van der Waals surface area contributed by atoms with Gasteiger partial charge in [-0.25, -0.2) is 9.18 Å². The number of hydrogen-bond acceptors (Lipinski definition) is 2. The molecule has 1 aliphatic heterocycles. The highest BCUT2D eigenvalue weighted by Crippen LogP contribution is 2.39. The van der Waals surface area contributed by atoms with Crippen molar-refractivity contribution in [1.29, 1.82) is 0 Å². The van der Waals surface area contributed by atoms with E-state index in [2.05, 4.69) is 5.32 Å². The molecule has 1 fully saturated rings. The Hall–Kier alpha value is -3.31. The molecule has 0 aromatic heterocycles. The third-order valence-corrected chi connectivity index (χ3v) is 7.37. The van der Waals surface area contributed by atoms with Crippen molar-refractivity contribution in [3.63, 3.8) is 0 Å². The third-order valence-electron chi connectivity index (χ3n) is 7.37. The number of alkyl halides is 6. The number of urea groups is 1. The van der Waals surface area contributed by atoms with E-state index < -0.39 is 47.4 Å². The molecule has 1 aliphatic rings. The molecule has 1 N–H and O–H groups in total. The average molecular weight is 590 g/mol. The molecule has 2 aromatic carbocycles. The van der Waals surface area contributed by atoms with Crippen LogP contribution in [0, 0.1) is 18.7 Å². The van der Waals surface area contributed by atoms with Crippen molar-refractivity contribution in [2.24, 2.45) is 5.92 Å². The molecule has 0 bridgehead atoms.